The molecule has 0 radical (unpaired) electrons. The lowest BCUT2D eigenvalue weighted by molar-refractivity contribution is -0.132. The molecule has 0 saturated heterocycles. The summed E-state index contributed by atoms with van der Waals surface area (Å²) in [6, 6.07) is 2.13. The number of esters is 1. The number of hydrogen-bond acceptors (Lipinski definition) is 3. The van der Waals surface area contributed by atoms with Crippen molar-refractivity contribution in [3.05, 3.63) is 57.7 Å². The fourth-order valence-electron chi connectivity index (χ4n) is 5.32. The number of carbonyl (C=O) groups is 1. The van der Waals surface area contributed by atoms with Crippen molar-refractivity contribution < 1.29 is 14.3 Å². The van der Waals surface area contributed by atoms with Crippen LogP contribution in [0.4, 0.5) is 0 Å². The van der Waals surface area contributed by atoms with Gasteiger partial charge in [-0.3, -0.25) is 4.79 Å². The minimum atomic E-state index is -0.277. The van der Waals surface area contributed by atoms with Crippen molar-refractivity contribution in [2.75, 3.05) is 0 Å². The van der Waals surface area contributed by atoms with Crippen LogP contribution in [0.15, 0.2) is 41.0 Å². The van der Waals surface area contributed by atoms with Crippen LogP contribution in [0.3, 0.4) is 0 Å². The average Bonchev–Trinajstić information content (AvgIpc) is 3.06. The molecule has 2 rings (SSSR count). The van der Waals surface area contributed by atoms with Gasteiger partial charge < -0.3 is 9.47 Å². The summed E-state index contributed by atoms with van der Waals surface area (Å²) in [5, 5.41) is 0. The fraction of sp³-hybridized carbons (Fsp3) is 0.629. The normalized spacial score (nSPS) is 18.2. The Kier molecular flexibility index (Phi) is 10.7. The van der Waals surface area contributed by atoms with Gasteiger partial charge in [0, 0.05) is 30.0 Å². The Bertz CT molecular complexity index is 1080. The maximum atomic E-state index is 12.1. The third-order valence-corrected chi connectivity index (χ3v) is 7.35. The Morgan fingerprint density at radius 2 is 1.45 bits per heavy atom. The average molecular weight is 523 g/mol. The van der Waals surface area contributed by atoms with Crippen molar-refractivity contribution in [3.63, 3.8) is 0 Å². The van der Waals surface area contributed by atoms with E-state index in [9.17, 15) is 4.79 Å². The Hall–Kier alpha value is -2.29. The van der Waals surface area contributed by atoms with E-state index in [-0.39, 0.29) is 22.4 Å². The summed E-state index contributed by atoms with van der Waals surface area (Å²) in [4.78, 5) is 12.1. The SMILES string of the molecule is CC(=O)Oc1c(C(C)(C)C)cc2c(c1C(C)(C)C)CC(C)(CCC=C(C)CCC=C(C)CCC=C(C)C)O2. The number of hydrogen-bond donors (Lipinski definition) is 0. The third-order valence-electron chi connectivity index (χ3n) is 7.35. The number of carbonyl (C=O) groups excluding carboxylic acids is 1. The van der Waals surface area contributed by atoms with E-state index in [0.29, 0.717) is 0 Å². The highest BCUT2D eigenvalue weighted by atomic mass is 16.5. The van der Waals surface area contributed by atoms with Crippen LogP contribution >= 0.6 is 0 Å². The molecule has 1 atom stereocenters. The van der Waals surface area contributed by atoms with Crippen molar-refractivity contribution in [1.29, 1.82) is 0 Å². The zero-order chi connectivity index (χ0) is 28.9. The lowest BCUT2D eigenvalue weighted by Gasteiger charge is -2.30. The predicted molar refractivity (Wildman–Crippen MR) is 163 cm³/mol. The number of ether oxygens (including phenoxy) is 2. The quantitative estimate of drug-likeness (QED) is 0.174. The van der Waals surface area contributed by atoms with Gasteiger partial charge in [-0.2, -0.15) is 0 Å². The van der Waals surface area contributed by atoms with Crippen molar-refractivity contribution in [2.24, 2.45) is 0 Å². The number of rotatable bonds is 10. The summed E-state index contributed by atoms with van der Waals surface area (Å²) in [7, 11) is 0. The second-order valence-corrected chi connectivity index (χ2v) is 13.9. The van der Waals surface area contributed by atoms with Crippen molar-refractivity contribution in [3.8, 4) is 11.5 Å². The fourth-order valence-corrected chi connectivity index (χ4v) is 5.32. The molecule has 1 heterocycles. The van der Waals surface area contributed by atoms with Crippen LogP contribution in [0.5, 0.6) is 11.5 Å². The molecule has 1 unspecified atom stereocenters. The lowest BCUT2D eigenvalue weighted by atomic mass is 9.75. The van der Waals surface area contributed by atoms with Gasteiger partial charge in [-0.25, -0.2) is 0 Å². The van der Waals surface area contributed by atoms with Gasteiger partial charge in [0.25, 0.3) is 0 Å². The van der Waals surface area contributed by atoms with Crippen molar-refractivity contribution in [2.45, 2.75) is 144 Å². The summed E-state index contributed by atoms with van der Waals surface area (Å²) < 4.78 is 12.6. The first-order valence-corrected chi connectivity index (χ1v) is 14.5. The minimum absolute atomic E-state index is 0.180. The molecule has 1 aromatic carbocycles. The highest BCUT2D eigenvalue weighted by Gasteiger charge is 2.41. The molecule has 0 saturated carbocycles. The Labute approximate surface area is 233 Å². The van der Waals surface area contributed by atoms with Crippen LogP contribution in [0, 0.1) is 0 Å². The maximum absolute atomic E-state index is 12.1. The van der Waals surface area contributed by atoms with E-state index in [0.717, 1.165) is 67.6 Å². The molecular formula is C35H54O3. The van der Waals surface area contributed by atoms with Crippen LogP contribution < -0.4 is 9.47 Å². The van der Waals surface area contributed by atoms with Gasteiger partial charge in [-0.1, -0.05) is 76.5 Å². The molecule has 1 aromatic rings. The van der Waals surface area contributed by atoms with Crippen LogP contribution in [-0.2, 0) is 22.0 Å². The molecule has 0 fully saturated rings. The van der Waals surface area contributed by atoms with Crippen molar-refractivity contribution in [1.82, 2.24) is 0 Å². The van der Waals surface area contributed by atoms with E-state index < -0.39 is 0 Å². The Balaban J connectivity index is 2.16. The van der Waals surface area contributed by atoms with E-state index in [4.69, 9.17) is 9.47 Å². The molecule has 0 N–H and O–H groups in total. The van der Waals surface area contributed by atoms with Gasteiger partial charge in [0.2, 0.25) is 0 Å². The Morgan fingerprint density at radius 3 is 1.95 bits per heavy atom. The van der Waals surface area contributed by atoms with Crippen LogP contribution in [0.25, 0.3) is 0 Å². The van der Waals surface area contributed by atoms with Gasteiger partial charge in [-0.05, 0) is 90.0 Å². The molecule has 1 aliphatic rings. The molecule has 38 heavy (non-hydrogen) atoms. The molecule has 1 aliphatic heterocycles. The molecule has 0 aliphatic carbocycles. The van der Waals surface area contributed by atoms with Crippen LogP contribution in [0.2, 0.25) is 0 Å². The largest absolute Gasteiger partial charge is 0.487 e. The first-order chi connectivity index (χ1) is 17.4. The topological polar surface area (TPSA) is 35.5 Å². The zero-order valence-corrected chi connectivity index (χ0v) is 26.5. The van der Waals surface area contributed by atoms with Gasteiger partial charge in [-0.15, -0.1) is 0 Å². The van der Waals surface area contributed by atoms with E-state index in [2.05, 4.69) is 100 Å². The molecule has 212 valence electrons. The second-order valence-electron chi connectivity index (χ2n) is 13.9. The van der Waals surface area contributed by atoms with Crippen LogP contribution in [-0.4, -0.2) is 11.6 Å². The summed E-state index contributed by atoms with van der Waals surface area (Å²) in [6.07, 6.45) is 14.4. The van der Waals surface area contributed by atoms with E-state index in [1.165, 1.54) is 29.2 Å². The molecule has 3 nitrogen and oxygen atoms in total. The summed E-state index contributed by atoms with van der Waals surface area (Å²) in [5.41, 5.74) is 7.02. The molecule has 3 heteroatoms. The zero-order valence-electron chi connectivity index (χ0n) is 26.5. The van der Waals surface area contributed by atoms with E-state index in [1.54, 1.807) is 0 Å². The first-order valence-electron chi connectivity index (χ1n) is 14.5. The van der Waals surface area contributed by atoms with Crippen LogP contribution in [0.1, 0.15) is 138 Å². The smallest absolute Gasteiger partial charge is 0.308 e. The number of benzene rings is 1. The van der Waals surface area contributed by atoms with Crippen molar-refractivity contribution >= 4 is 5.97 Å². The molecular weight excluding hydrogens is 468 g/mol. The monoisotopic (exact) mass is 522 g/mol. The molecule has 0 bridgehead atoms. The van der Waals surface area contributed by atoms with E-state index in [1.807, 2.05) is 0 Å². The summed E-state index contributed by atoms with van der Waals surface area (Å²) in [5.74, 6) is 1.40. The number of allylic oxidation sites excluding steroid dienone is 6. The van der Waals surface area contributed by atoms with E-state index >= 15 is 0 Å². The first kappa shape index (κ1) is 31.9. The molecule has 0 aromatic heterocycles. The second kappa shape index (κ2) is 12.7. The lowest BCUT2D eigenvalue weighted by Crippen LogP contribution is -2.30. The predicted octanol–water partition coefficient (Wildman–Crippen LogP) is 10.1. The van der Waals surface area contributed by atoms with Gasteiger partial charge in [0.1, 0.15) is 17.1 Å². The number of fused-ring (bicyclic) bond motifs is 1. The maximum Gasteiger partial charge on any atom is 0.308 e. The van der Waals surface area contributed by atoms with Gasteiger partial charge in [0.15, 0.2) is 0 Å². The standard InChI is InChI=1S/C35H54O3/c1-24(2)16-13-17-25(3)18-14-19-26(4)20-15-21-35(12)23-28-30(38-35)22-29(33(6,7)8)32(37-27(5)36)31(28)34(9,10)11/h16,18,20,22H,13-15,17,19,21,23H2,1-12H3. The molecule has 0 spiro atoms. The third kappa shape index (κ3) is 9.17. The van der Waals surface area contributed by atoms with Gasteiger partial charge in [0.05, 0.1) is 0 Å². The highest BCUT2D eigenvalue weighted by Crippen LogP contribution is 2.50. The minimum Gasteiger partial charge on any atom is -0.487 e. The summed E-state index contributed by atoms with van der Waals surface area (Å²) >= 11 is 0. The Morgan fingerprint density at radius 1 is 0.895 bits per heavy atom. The highest BCUT2D eigenvalue weighted by molar-refractivity contribution is 5.72. The summed E-state index contributed by atoms with van der Waals surface area (Å²) in [6.45, 7) is 25.6. The molecule has 0 amide bonds. The van der Waals surface area contributed by atoms with Gasteiger partial charge >= 0.3 is 5.97 Å².